The molecular weight excluding hydrogens is 252 g/mol. The second-order valence-electron chi connectivity index (χ2n) is 5.92. The summed E-state index contributed by atoms with van der Waals surface area (Å²) in [6, 6.07) is 0. The van der Waals surface area contributed by atoms with Crippen LogP contribution in [0.15, 0.2) is 0 Å². The van der Waals surface area contributed by atoms with Crippen LogP contribution in [-0.4, -0.2) is 49.5 Å². The fraction of sp³-hybridized carbons (Fsp3) is 0.917. The molecule has 102 valence electrons. The molecule has 2 heterocycles. The molecule has 1 atom stereocenters. The van der Waals surface area contributed by atoms with E-state index in [1.807, 2.05) is 4.90 Å². The third kappa shape index (κ3) is 2.05. The minimum atomic E-state index is -2.84. The van der Waals surface area contributed by atoms with Crippen LogP contribution in [0.25, 0.3) is 0 Å². The highest BCUT2D eigenvalue weighted by molar-refractivity contribution is 7.91. The van der Waals surface area contributed by atoms with E-state index in [2.05, 4.69) is 5.32 Å². The first-order chi connectivity index (χ1) is 8.51. The second-order valence-corrected chi connectivity index (χ2v) is 8.15. The van der Waals surface area contributed by atoms with Gasteiger partial charge in [-0.25, -0.2) is 8.42 Å². The molecular formula is C12H20N2O3S. The Morgan fingerprint density at radius 2 is 2.06 bits per heavy atom. The van der Waals surface area contributed by atoms with Crippen molar-refractivity contribution in [2.45, 2.75) is 37.6 Å². The number of sulfone groups is 1. The zero-order valence-electron chi connectivity index (χ0n) is 10.5. The number of nitrogens with one attached hydrogen (secondary N) is 1. The molecule has 0 radical (unpaired) electrons. The molecule has 0 aromatic carbocycles. The molecule has 18 heavy (non-hydrogen) atoms. The average Bonchev–Trinajstić information content (AvgIpc) is 2.97. The van der Waals surface area contributed by atoms with Gasteiger partial charge in [-0.2, -0.15) is 0 Å². The Balaban J connectivity index is 1.64. The topological polar surface area (TPSA) is 66.5 Å². The van der Waals surface area contributed by atoms with Crippen molar-refractivity contribution in [1.29, 1.82) is 0 Å². The Hall–Kier alpha value is -0.620. The van der Waals surface area contributed by atoms with Crippen molar-refractivity contribution in [3.63, 3.8) is 0 Å². The number of nitrogens with zero attached hydrogens (tertiary/aromatic N) is 1. The molecule has 1 N–H and O–H groups in total. The van der Waals surface area contributed by atoms with Gasteiger partial charge < -0.3 is 4.90 Å². The van der Waals surface area contributed by atoms with Gasteiger partial charge in [0.1, 0.15) is 0 Å². The molecule has 1 amide bonds. The predicted octanol–water partition coefficient (Wildman–Crippen LogP) is 0.123. The fourth-order valence-electron chi connectivity index (χ4n) is 3.54. The molecule has 0 bridgehead atoms. The van der Waals surface area contributed by atoms with Crippen molar-refractivity contribution in [2.24, 2.45) is 5.92 Å². The standard InChI is InChI=1S/C12H20N2O3S/c15-11-12(4-1-2-5-12)13-9-14(11)7-10-3-6-18(16,17)8-10/h10,13H,1-9H2. The van der Waals surface area contributed by atoms with Gasteiger partial charge in [0.05, 0.1) is 23.7 Å². The Bertz CT molecular complexity index is 454. The van der Waals surface area contributed by atoms with Crippen molar-refractivity contribution >= 4 is 15.7 Å². The number of hydrogen-bond acceptors (Lipinski definition) is 4. The Morgan fingerprint density at radius 1 is 1.33 bits per heavy atom. The molecule has 1 unspecified atom stereocenters. The van der Waals surface area contributed by atoms with Gasteiger partial charge in [-0.3, -0.25) is 10.1 Å². The largest absolute Gasteiger partial charge is 0.328 e. The molecule has 3 fully saturated rings. The lowest BCUT2D eigenvalue weighted by molar-refractivity contribution is -0.132. The average molecular weight is 272 g/mol. The number of carbonyl (C=O) groups excluding carboxylic acids is 1. The molecule has 1 saturated carbocycles. The maximum absolute atomic E-state index is 12.4. The van der Waals surface area contributed by atoms with Gasteiger partial charge in [0.15, 0.2) is 9.84 Å². The van der Waals surface area contributed by atoms with Crippen LogP contribution in [0.5, 0.6) is 0 Å². The van der Waals surface area contributed by atoms with Crippen LogP contribution < -0.4 is 5.32 Å². The zero-order chi connectivity index (χ0) is 12.8. The molecule has 3 aliphatic rings. The van der Waals surface area contributed by atoms with Gasteiger partial charge in [-0.15, -0.1) is 0 Å². The van der Waals surface area contributed by atoms with E-state index in [1.54, 1.807) is 0 Å². The number of carbonyl (C=O) groups is 1. The summed E-state index contributed by atoms with van der Waals surface area (Å²) in [5, 5.41) is 3.35. The first-order valence-electron chi connectivity index (χ1n) is 6.76. The van der Waals surface area contributed by atoms with Gasteiger partial charge in [-0.05, 0) is 25.2 Å². The highest BCUT2D eigenvalue weighted by Gasteiger charge is 2.48. The summed E-state index contributed by atoms with van der Waals surface area (Å²) in [5.74, 6) is 0.879. The smallest absolute Gasteiger partial charge is 0.243 e. The van der Waals surface area contributed by atoms with E-state index in [4.69, 9.17) is 0 Å². The molecule has 5 nitrogen and oxygen atoms in total. The van der Waals surface area contributed by atoms with Crippen molar-refractivity contribution in [2.75, 3.05) is 24.7 Å². The van der Waals surface area contributed by atoms with Crippen molar-refractivity contribution in [1.82, 2.24) is 10.2 Å². The minimum Gasteiger partial charge on any atom is -0.328 e. The van der Waals surface area contributed by atoms with Crippen molar-refractivity contribution < 1.29 is 13.2 Å². The zero-order valence-corrected chi connectivity index (χ0v) is 11.3. The van der Waals surface area contributed by atoms with Crippen LogP contribution in [0, 0.1) is 5.92 Å². The van der Waals surface area contributed by atoms with Crippen LogP contribution in [0.1, 0.15) is 32.1 Å². The lowest BCUT2D eigenvalue weighted by Crippen LogP contribution is -2.44. The first-order valence-corrected chi connectivity index (χ1v) is 8.58. The molecule has 3 rings (SSSR count). The third-order valence-electron chi connectivity index (χ3n) is 4.57. The van der Waals surface area contributed by atoms with Crippen LogP contribution in [-0.2, 0) is 14.6 Å². The summed E-state index contributed by atoms with van der Waals surface area (Å²) in [4.78, 5) is 14.2. The van der Waals surface area contributed by atoms with Crippen LogP contribution in [0.3, 0.4) is 0 Å². The Labute approximate surface area is 108 Å². The van der Waals surface area contributed by atoms with E-state index >= 15 is 0 Å². The lowest BCUT2D eigenvalue weighted by atomic mass is 9.97. The Kier molecular flexibility index (Phi) is 2.90. The van der Waals surface area contributed by atoms with Gasteiger partial charge in [0.25, 0.3) is 0 Å². The van der Waals surface area contributed by atoms with Crippen molar-refractivity contribution in [3.05, 3.63) is 0 Å². The quantitative estimate of drug-likeness (QED) is 0.775. The van der Waals surface area contributed by atoms with E-state index in [-0.39, 0.29) is 28.9 Å². The predicted molar refractivity (Wildman–Crippen MR) is 67.7 cm³/mol. The highest BCUT2D eigenvalue weighted by atomic mass is 32.2. The Morgan fingerprint density at radius 3 is 2.67 bits per heavy atom. The maximum atomic E-state index is 12.4. The molecule has 0 aromatic rings. The van der Waals surface area contributed by atoms with E-state index < -0.39 is 9.84 Å². The van der Waals surface area contributed by atoms with Crippen LogP contribution >= 0.6 is 0 Å². The summed E-state index contributed by atoms with van der Waals surface area (Å²) in [6.07, 6.45) is 4.81. The summed E-state index contributed by atoms with van der Waals surface area (Å²) in [6.45, 7) is 1.20. The molecule has 6 heteroatoms. The minimum absolute atomic E-state index is 0.136. The molecule has 0 aromatic heterocycles. The van der Waals surface area contributed by atoms with Crippen molar-refractivity contribution in [3.8, 4) is 0 Å². The van der Waals surface area contributed by atoms with Crippen LogP contribution in [0.2, 0.25) is 0 Å². The molecule has 1 spiro atoms. The van der Waals surface area contributed by atoms with E-state index in [0.717, 1.165) is 25.7 Å². The van der Waals surface area contributed by atoms with E-state index in [0.29, 0.717) is 19.6 Å². The van der Waals surface area contributed by atoms with Gasteiger partial charge in [0, 0.05) is 6.54 Å². The number of amides is 1. The SMILES string of the molecule is O=C1N(CC2CCS(=O)(=O)C2)CNC12CCCC2. The lowest BCUT2D eigenvalue weighted by Gasteiger charge is -2.23. The third-order valence-corrected chi connectivity index (χ3v) is 6.40. The first kappa shape index (κ1) is 12.4. The normalized spacial score (nSPS) is 33.7. The summed E-state index contributed by atoms with van der Waals surface area (Å²) < 4.78 is 22.9. The van der Waals surface area contributed by atoms with Crippen LogP contribution in [0.4, 0.5) is 0 Å². The summed E-state index contributed by atoms with van der Waals surface area (Å²) >= 11 is 0. The fourth-order valence-corrected chi connectivity index (χ4v) is 5.39. The summed E-state index contributed by atoms with van der Waals surface area (Å²) in [5.41, 5.74) is -0.308. The molecule has 2 saturated heterocycles. The second kappa shape index (κ2) is 4.20. The van der Waals surface area contributed by atoms with E-state index in [1.165, 1.54) is 0 Å². The molecule has 2 aliphatic heterocycles. The van der Waals surface area contributed by atoms with Gasteiger partial charge in [0.2, 0.25) is 5.91 Å². The number of rotatable bonds is 2. The molecule has 1 aliphatic carbocycles. The van der Waals surface area contributed by atoms with E-state index in [9.17, 15) is 13.2 Å². The van der Waals surface area contributed by atoms with Gasteiger partial charge in [-0.1, -0.05) is 12.8 Å². The number of hydrogen-bond donors (Lipinski definition) is 1. The van der Waals surface area contributed by atoms with Gasteiger partial charge >= 0.3 is 0 Å². The maximum Gasteiger partial charge on any atom is 0.243 e. The monoisotopic (exact) mass is 272 g/mol. The highest BCUT2D eigenvalue weighted by Crippen LogP contribution is 2.35. The summed E-state index contributed by atoms with van der Waals surface area (Å²) in [7, 11) is -2.84.